The van der Waals surface area contributed by atoms with E-state index in [0.29, 0.717) is 13.0 Å². The molecule has 2 N–H and O–H groups in total. The zero-order chi connectivity index (χ0) is 12.3. The van der Waals surface area contributed by atoms with Gasteiger partial charge in [0, 0.05) is 25.6 Å². The Kier molecular flexibility index (Phi) is 3.99. The van der Waals surface area contributed by atoms with Crippen molar-refractivity contribution in [1.82, 2.24) is 15.5 Å². The SMILES string of the molecule is CC(CN1CCCC1=O)NC(=O)[C@H]1CCCN1. The third kappa shape index (κ3) is 3.19. The predicted octanol–water partition coefficient (Wildman–Crippen LogP) is -0.134. The molecule has 2 saturated heterocycles. The van der Waals surface area contributed by atoms with Crippen LogP contribution in [0.15, 0.2) is 0 Å². The van der Waals surface area contributed by atoms with Crippen LogP contribution in [-0.2, 0) is 9.59 Å². The Morgan fingerprint density at radius 1 is 1.59 bits per heavy atom. The molecule has 0 aromatic rings. The largest absolute Gasteiger partial charge is 0.351 e. The fraction of sp³-hybridized carbons (Fsp3) is 0.833. The summed E-state index contributed by atoms with van der Waals surface area (Å²) < 4.78 is 0. The van der Waals surface area contributed by atoms with Gasteiger partial charge in [-0.25, -0.2) is 0 Å². The van der Waals surface area contributed by atoms with Gasteiger partial charge in [-0.2, -0.15) is 0 Å². The van der Waals surface area contributed by atoms with Gasteiger partial charge in [0.15, 0.2) is 0 Å². The lowest BCUT2D eigenvalue weighted by atomic mass is 10.2. The standard InChI is InChI=1S/C12H21N3O2/c1-9(8-15-7-3-5-11(15)16)14-12(17)10-4-2-6-13-10/h9-10,13H,2-8H2,1H3,(H,14,17)/t9?,10-/m1/s1. The van der Waals surface area contributed by atoms with Crippen LogP contribution in [0.5, 0.6) is 0 Å². The molecule has 5 heteroatoms. The van der Waals surface area contributed by atoms with Gasteiger partial charge in [0.2, 0.25) is 11.8 Å². The summed E-state index contributed by atoms with van der Waals surface area (Å²) in [4.78, 5) is 25.1. The molecule has 0 spiro atoms. The van der Waals surface area contributed by atoms with Crippen molar-refractivity contribution >= 4 is 11.8 Å². The maximum Gasteiger partial charge on any atom is 0.237 e. The van der Waals surface area contributed by atoms with Crippen LogP contribution in [0.3, 0.4) is 0 Å². The summed E-state index contributed by atoms with van der Waals surface area (Å²) in [6.07, 6.45) is 3.59. The molecule has 0 aromatic heterocycles. The zero-order valence-corrected chi connectivity index (χ0v) is 10.4. The molecule has 2 fully saturated rings. The van der Waals surface area contributed by atoms with Crippen molar-refractivity contribution in [2.24, 2.45) is 0 Å². The second-order valence-corrected chi connectivity index (χ2v) is 5.00. The first-order valence-electron chi connectivity index (χ1n) is 6.48. The minimum Gasteiger partial charge on any atom is -0.351 e. The summed E-state index contributed by atoms with van der Waals surface area (Å²) in [5.41, 5.74) is 0. The highest BCUT2D eigenvalue weighted by Crippen LogP contribution is 2.10. The second-order valence-electron chi connectivity index (χ2n) is 5.00. The molecule has 5 nitrogen and oxygen atoms in total. The van der Waals surface area contributed by atoms with E-state index in [0.717, 1.165) is 32.4 Å². The fourth-order valence-electron chi connectivity index (χ4n) is 2.53. The monoisotopic (exact) mass is 239 g/mol. The van der Waals surface area contributed by atoms with Gasteiger partial charge in [0.25, 0.3) is 0 Å². The number of amides is 2. The molecule has 2 rings (SSSR count). The molecule has 0 bridgehead atoms. The lowest BCUT2D eigenvalue weighted by Gasteiger charge is -2.23. The summed E-state index contributed by atoms with van der Waals surface area (Å²) in [7, 11) is 0. The molecule has 17 heavy (non-hydrogen) atoms. The first-order valence-corrected chi connectivity index (χ1v) is 6.48. The smallest absolute Gasteiger partial charge is 0.237 e. The molecule has 2 heterocycles. The van der Waals surface area contributed by atoms with Gasteiger partial charge in [-0.05, 0) is 32.7 Å². The quantitative estimate of drug-likeness (QED) is 0.718. The summed E-state index contributed by atoms with van der Waals surface area (Å²) in [5.74, 6) is 0.284. The average molecular weight is 239 g/mol. The van der Waals surface area contributed by atoms with Crippen molar-refractivity contribution in [1.29, 1.82) is 0 Å². The van der Waals surface area contributed by atoms with Crippen molar-refractivity contribution in [2.75, 3.05) is 19.6 Å². The van der Waals surface area contributed by atoms with Gasteiger partial charge >= 0.3 is 0 Å². The lowest BCUT2D eigenvalue weighted by molar-refractivity contribution is -0.129. The lowest BCUT2D eigenvalue weighted by Crippen LogP contribution is -2.48. The van der Waals surface area contributed by atoms with E-state index in [-0.39, 0.29) is 23.9 Å². The van der Waals surface area contributed by atoms with Gasteiger partial charge in [-0.3, -0.25) is 9.59 Å². The highest BCUT2D eigenvalue weighted by atomic mass is 16.2. The Labute approximate surface area is 102 Å². The molecule has 0 aliphatic carbocycles. The molecule has 2 aliphatic heterocycles. The van der Waals surface area contributed by atoms with E-state index in [4.69, 9.17) is 0 Å². The number of rotatable bonds is 4. The van der Waals surface area contributed by atoms with Crippen molar-refractivity contribution in [2.45, 2.75) is 44.7 Å². The Hall–Kier alpha value is -1.10. The van der Waals surface area contributed by atoms with Crippen molar-refractivity contribution in [3.63, 3.8) is 0 Å². The van der Waals surface area contributed by atoms with Gasteiger partial charge in [0.05, 0.1) is 6.04 Å². The van der Waals surface area contributed by atoms with Gasteiger partial charge in [0.1, 0.15) is 0 Å². The average Bonchev–Trinajstić information content (AvgIpc) is 2.90. The van der Waals surface area contributed by atoms with Gasteiger partial charge in [-0.1, -0.05) is 0 Å². The minimum atomic E-state index is -0.0354. The molecule has 2 atom stereocenters. The van der Waals surface area contributed by atoms with Gasteiger partial charge < -0.3 is 15.5 Å². The minimum absolute atomic E-state index is 0.0342. The van der Waals surface area contributed by atoms with Crippen LogP contribution in [0.2, 0.25) is 0 Å². The number of hydrogen-bond donors (Lipinski definition) is 2. The summed E-state index contributed by atoms with van der Waals surface area (Å²) >= 11 is 0. The van der Waals surface area contributed by atoms with Crippen LogP contribution < -0.4 is 10.6 Å². The number of likely N-dealkylation sites (tertiary alicyclic amines) is 1. The van der Waals surface area contributed by atoms with E-state index in [2.05, 4.69) is 10.6 Å². The van der Waals surface area contributed by atoms with Crippen LogP contribution in [0, 0.1) is 0 Å². The molecular formula is C12H21N3O2. The Morgan fingerprint density at radius 2 is 2.41 bits per heavy atom. The highest BCUT2D eigenvalue weighted by Gasteiger charge is 2.25. The zero-order valence-electron chi connectivity index (χ0n) is 10.4. The molecule has 96 valence electrons. The Morgan fingerprint density at radius 3 is 3.00 bits per heavy atom. The van der Waals surface area contributed by atoms with Gasteiger partial charge in [-0.15, -0.1) is 0 Å². The van der Waals surface area contributed by atoms with Crippen LogP contribution in [-0.4, -0.2) is 48.4 Å². The maximum atomic E-state index is 11.8. The molecule has 0 radical (unpaired) electrons. The third-order valence-corrected chi connectivity index (χ3v) is 3.43. The van der Waals surface area contributed by atoms with Crippen molar-refractivity contribution in [3.8, 4) is 0 Å². The molecule has 0 saturated carbocycles. The van der Waals surface area contributed by atoms with E-state index >= 15 is 0 Å². The van der Waals surface area contributed by atoms with Crippen LogP contribution >= 0.6 is 0 Å². The van der Waals surface area contributed by atoms with Crippen LogP contribution in [0.25, 0.3) is 0 Å². The summed E-state index contributed by atoms with van der Waals surface area (Å²) in [6, 6.07) is -0.00122. The molecular weight excluding hydrogens is 218 g/mol. The number of carbonyl (C=O) groups is 2. The van der Waals surface area contributed by atoms with E-state index in [1.54, 1.807) is 0 Å². The Bertz CT molecular complexity index is 300. The molecule has 2 aliphatic rings. The fourth-order valence-corrected chi connectivity index (χ4v) is 2.53. The number of nitrogens with one attached hydrogen (secondary N) is 2. The molecule has 2 amide bonds. The van der Waals surface area contributed by atoms with E-state index in [1.165, 1.54) is 0 Å². The molecule has 1 unspecified atom stereocenters. The van der Waals surface area contributed by atoms with Crippen LogP contribution in [0.4, 0.5) is 0 Å². The topological polar surface area (TPSA) is 61.4 Å². The second kappa shape index (κ2) is 5.49. The first-order chi connectivity index (χ1) is 8.16. The van der Waals surface area contributed by atoms with Crippen molar-refractivity contribution < 1.29 is 9.59 Å². The third-order valence-electron chi connectivity index (χ3n) is 3.43. The molecule has 0 aromatic carbocycles. The number of nitrogens with zero attached hydrogens (tertiary/aromatic N) is 1. The first kappa shape index (κ1) is 12.4. The summed E-state index contributed by atoms with van der Waals surface area (Å²) in [6.45, 7) is 4.35. The van der Waals surface area contributed by atoms with E-state index < -0.39 is 0 Å². The predicted molar refractivity (Wildman–Crippen MR) is 64.4 cm³/mol. The highest BCUT2D eigenvalue weighted by molar-refractivity contribution is 5.82. The van der Waals surface area contributed by atoms with E-state index in [1.807, 2.05) is 11.8 Å². The van der Waals surface area contributed by atoms with E-state index in [9.17, 15) is 9.59 Å². The van der Waals surface area contributed by atoms with Crippen molar-refractivity contribution in [3.05, 3.63) is 0 Å². The van der Waals surface area contributed by atoms with Crippen LogP contribution in [0.1, 0.15) is 32.6 Å². The number of hydrogen-bond acceptors (Lipinski definition) is 3. The normalized spacial score (nSPS) is 26.3. The summed E-state index contributed by atoms with van der Waals surface area (Å²) in [5, 5.41) is 6.15. The number of carbonyl (C=O) groups excluding carboxylic acids is 2. The maximum absolute atomic E-state index is 11.8. The Balaban J connectivity index is 1.74.